The highest BCUT2D eigenvalue weighted by atomic mass is 16.5. The number of hydrogen-bond acceptors (Lipinski definition) is 3. The highest BCUT2D eigenvalue weighted by molar-refractivity contribution is 5.77. The minimum atomic E-state index is -0.798. The second-order valence-electron chi connectivity index (χ2n) is 4.23. The van der Waals surface area contributed by atoms with Gasteiger partial charge in [0.25, 0.3) is 0 Å². The molecule has 1 aliphatic rings. The summed E-state index contributed by atoms with van der Waals surface area (Å²) < 4.78 is 4.81. The molecule has 0 radical (unpaired) electrons. The van der Waals surface area contributed by atoms with Crippen molar-refractivity contribution in [2.24, 2.45) is 5.41 Å². The average Bonchev–Trinajstić information content (AvgIpc) is 2.66. The van der Waals surface area contributed by atoms with E-state index >= 15 is 0 Å². The van der Waals surface area contributed by atoms with Gasteiger partial charge in [0.15, 0.2) is 0 Å². The first kappa shape index (κ1) is 12.0. The van der Waals surface area contributed by atoms with Crippen molar-refractivity contribution in [3.63, 3.8) is 0 Å². The third kappa shape index (κ3) is 2.94. The maximum Gasteiger partial charge on any atom is 0.311 e. The molecule has 0 spiro atoms. The predicted molar refractivity (Wildman–Crippen MR) is 54.4 cm³/mol. The Hall–Kier alpha value is -1.06. The van der Waals surface area contributed by atoms with Gasteiger partial charge < -0.3 is 9.84 Å². The summed E-state index contributed by atoms with van der Waals surface area (Å²) in [7, 11) is 1.40. The van der Waals surface area contributed by atoms with Crippen molar-refractivity contribution in [3.05, 3.63) is 0 Å². The Morgan fingerprint density at radius 1 is 1.33 bits per heavy atom. The number of carbonyl (C=O) groups is 2. The van der Waals surface area contributed by atoms with E-state index in [0.717, 1.165) is 25.7 Å². The Balaban J connectivity index is 2.50. The van der Waals surface area contributed by atoms with Gasteiger partial charge in [0.2, 0.25) is 0 Å². The van der Waals surface area contributed by atoms with Crippen molar-refractivity contribution in [1.82, 2.24) is 0 Å². The maximum atomic E-state index is 11.6. The molecular formula is C11H18O4. The van der Waals surface area contributed by atoms with E-state index in [-0.39, 0.29) is 17.8 Å². The number of carboxylic acid groups (broad SMARTS) is 1. The van der Waals surface area contributed by atoms with Crippen LogP contribution in [-0.2, 0) is 14.3 Å². The Bertz CT molecular complexity index is 241. The average molecular weight is 214 g/mol. The summed E-state index contributed by atoms with van der Waals surface area (Å²) in [6.07, 6.45) is 5.12. The first-order chi connectivity index (χ1) is 7.10. The second kappa shape index (κ2) is 5.14. The summed E-state index contributed by atoms with van der Waals surface area (Å²) in [4.78, 5) is 22.0. The summed E-state index contributed by atoms with van der Waals surface area (Å²) >= 11 is 0. The molecule has 0 unspecified atom stereocenters. The van der Waals surface area contributed by atoms with E-state index in [2.05, 4.69) is 0 Å². The highest BCUT2D eigenvalue weighted by Crippen LogP contribution is 2.43. The lowest BCUT2D eigenvalue weighted by Crippen LogP contribution is -2.29. The molecule has 0 saturated heterocycles. The zero-order chi connectivity index (χ0) is 11.3. The van der Waals surface area contributed by atoms with E-state index in [0.29, 0.717) is 12.8 Å². The molecule has 4 heteroatoms. The van der Waals surface area contributed by atoms with Crippen LogP contribution in [0.1, 0.15) is 44.9 Å². The molecule has 15 heavy (non-hydrogen) atoms. The van der Waals surface area contributed by atoms with E-state index in [1.54, 1.807) is 0 Å². The fraction of sp³-hybridized carbons (Fsp3) is 0.818. The van der Waals surface area contributed by atoms with Gasteiger partial charge in [-0.05, 0) is 25.7 Å². The third-order valence-electron chi connectivity index (χ3n) is 3.23. The van der Waals surface area contributed by atoms with Gasteiger partial charge in [0.05, 0.1) is 12.5 Å². The van der Waals surface area contributed by atoms with Crippen LogP contribution in [0.3, 0.4) is 0 Å². The molecule has 0 atom stereocenters. The van der Waals surface area contributed by atoms with Gasteiger partial charge in [-0.2, -0.15) is 0 Å². The molecule has 0 aromatic rings. The first-order valence-corrected chi connectivity index (χ1v) is 5.41. The van der Waals surface area contributed by atoms with Gasteiger partial charge in [-0.15, -0.1) is 0 Å². The predicted octanol–water partition coefficient (Wildman–Crippen LogP) is 1.97. The summed E-state index contributed by atoms with van der Waals surface area (Å²) in [5, 5.41) is 8.55. The van der Waals surface area contributed by atoms with Crippen molar-refractivity contribution in [1.29, 1.82) is 0 Å². The summed E-state index contributed by atoms with van der Waals surface area (Å²) in [6.45, 7) is 0. The van der Waals surface area contributed by atoms with Crippen molar-refractivity contribution in [2.75, 3.05) is 7.11 Å². The summed E-state index contributed by atoms with van der Waals surface area (Å²) in [5.74, 6) is -0.960. The molecule has 0 aromatic heterocycles. The van der Waals surface area contributed by atoms with Gasteiger partial charge in [-0.3, -0.25) is 9.59 Å². The van der Waals surface area contributed by atoms with Gasteiger partial charge in [-0.25, -0.2) is 0 Å². The van der Waals surface area contributed by atoms with Gasteiger partial charge >= 0.3 is 11.9 Å². The van der Waals surface area contributed by atoms with E-state index < -0.39 is 5.97 Å². The largest absolute Gasteiger partial charge is 0.481 e. The Labute approximate surface area is 89.6 Å². The number of aliphatic carboxylic acids is 1. The molecule has 0 aliphatic heterocycles. The van der Waals surface area contributed by atoms with Crippen LogP contribution in [0, 0.1) is 5.41 Å². The van der Waals surface area contributed by atoms with Crippen molar-refractivity contribution >= 4 is 11.9 Å². The smallest absolute Gasteiger partial charge is 0.311 e. The lowest BCUT2D eigenvalue weighted by atomic mass is 9.81. The molecule has 0 bridgehead atoms. The van der Waals surface area contributed by atoms with E-state index in [9.17, 15) is 9.59 Å². The van der Waals surface area contributed by atoms with Crippen LogP contribution < -0.4 is 0 Å². The minimum absolute atomic E-state index is 0.138. The molecule has 1 fully saturated rings. The SMILES string of the molecule is COC(=O)C1(CCCC(=O)O)CCCC1. The number of rotatable bonds is 5. The minimum Gasteiger partial charge on any atom is -0.481 e. The van der Waals surface area contributed by atoms with Crippen LogP contribution in [0.25, 0.3) is 0 Å². The highest BCUT2D eigenvalue weighted by Gasteiger charge is 2.41. The fourth-order valence-corrected chi connectivity index (χ4v) is 2.40. The fourth-order valence-electron chi connectivity index (χ4n) is 2.40. The van der Waals surface area contributed by atoms with Crippen LogP contribution in [0.15, 0.2) is 0 Å². The Kier molecular flexibility index (Phi) is 4.12. The molecule has 4 nitrogen and oxygen atoms in total. The standard InChI is InChI=1S/C11H18O4/c1-15-10(14)11(6-2-3-7-11)8-4-5-9(12)13/h2-8H2,1H3,(H,12,13). The van der Waals surface area contributed by atoms with Crippen LogP contribution >= 0.6 is 0 Å². The normalized spacial score (nSPS) is 18.7. The monoisotopic (exact) mass is 214 g/mol. The topological polar surface area (TPSA) is 63.6 Å². The molecular weight excluding hydrogens is 196 g/mol. The van der Waals surface area contributed by atoms with Gasteiger partial charge in [0.1, 0.15) is 0 Å². The van der Waals surface area contributed by atoms with Gasteiger partial charge in [-0.1, -0.05) is 12.8 Å². The lowest BCUT2D eigenvalue weighted by Gasteiger charge is -2.25. The quantitative estimate of drug-likeness (QED) is 0.711. The Morgan fingerprint density at radius 2 is 1.93 bits per heavy atom. The van der Waals surface area contributed by atoms with Crippen LogP contribution in [0.2, 0.25) is 0 Å². The summed E-state index contributed by atoms with van der Waals surface area (Å²) in [6, 6.07) is 0. The molecule has 86 valence electrons. The van der Waals surface area contributed by atoms with Crippen LogP contribution in [0.4, 0.5) is 0 Å². The molecule has 0 aromatic carbocycles. The molecule has 1 aliphatic carbocycles. The molecule has 1 saturated carbocycles. The molecule has 0 amide bonds. The zero-order valence-electron chi connectivity index (χ0n) is 9.12. The first-order valence-electron chi connectivity index (χ1n) is 5.41. The van der Waals surface area contributed by atoms with Crippen molar-refractivity contribution in [3.8, 4) is 0 Å². The van der Waals surface area contributed by atoms with Crippen molar-refractivity contribution < 1.29 is 19.4 Å². The lowest BCUT2D eigenvalue weighted by molar-refractivity contribution is -0.153. The summed E-state index contributed by atoms with van der Waals surface area (Å²) in [5.41, 5.74) is -0.385. The van der Waals surface area contributed by atoms with E-state index in [1.807, 2.05) is 0 Å². The van der Waals surface area contributed by atoms with Crippen LogP contribution in [0.5, 0.6) is 0 Å². The number of esters is 1. The number of methoxy groups -OCH3 is 1. The zero-order valence-corrected chi connectivity index (χ0v) is 9.12. The second-order valence-corrected chi connectivity index (χ2v) is 4.23. The third-order valence-corrected chi connectivity index (χ3v) is 3.23. The maximum absolute atomic E-state index is 11.6. The number of hydrogen-bond donors (Lipinski definition) is 1. The number of carboxylic acids is 1. The number of carbonyl (C=O) groups excluding carboxylic acids is 1. The van der Waals surface area contributed by atoms with Gasteiger partial charge in [0, 0.05) is 6.42 Å². The van der Waals surface area contributed by atoms with E-state index in [4.69, 9.17) is 9.84 Å². The van der Waals surface area contributed by atoms with Crippen molar-refractivity contribution in [2.45, 2.75) is 44.9 Å². The van der Waals surface area contributed by atoms with E-state index in [1.165, 1.54) is 7.11 Å². The van der Waals surface area contributed by atoms with Crippen LogP contribution in [-0.4, -0.2) is 24.2 Å². The molecule has 1 rings (SSSR count). The Morgan fingerprint density at radius 3 is 2.40 bits per heavy atom. The number of ether oxygens (including phenoxy) is 1. The molecule has 1 N–H and O–H groups in total. The molecule has 0 heterocycles.